The number of rotatable bonds is 5. The third-order valence-corrected chi connectivity index (χ3v) is 4.76. The summed E-state index contributed by atoms with van der Waals surface area (Å²) < 4.78 is 40.2. The molecule has 1 aromatic carbocycles. The van der Waals surface area contributed by atoms with E-state index in [0.717, 1.165) is 25.0 Å². The average molecular weight is 327 g/mol. The Morgan fingerprint density at radius 2 is 2.04 bits per heavy atom. The SMILES string of the molecule is Cn1c(CNC(C)(CO)C2CC2)nc2cc(C(F)(F)F)ccc21. The van der Waals surface area contributed by atoms with E-state index in [1.807, 2.05) is 6.92 Å². The Kier molecular flexibility index (Phi) is 3.88. The molecule has 1 saturated carbocycles. The fraction of sp³-hybridized carbons (Fsp3) is 0.562. The number of fused-ring (bicyclic) bond motifs is 1. The third-order valence-electron chi connectivity index (χ3n) is 4.76. The lowest BCUT2D eigenvalue weighted by Gasteiger charge is -2.28. The monoisotopic (exact) mass is 327 g/mol. The van der Waals surface area contributed by atoms with Crippen LogP contribution in [0, 0.1) is 5.92 Å². The van der Waals surface area contributed by atoms with Crippen molar-refractivity contribution in [3.63, 3.8) is 0 Å². The number of hydrogen-bond donors (Lipinski definition) is 2. The van der Waals surface area contributed by atoms with Crippen LogP contribution in [0.1, 0.15) is 31.2 Å². The Hall–Kier alpha value is -1.60. The van der Waals surface area contributed by atoms with Crippen molar-refractivity contribution in [3.8, 4) is 0 Å². The van der Waals surface area contributed by atoms with Crippen LogP contribution < -0.4 is 5.32 Å². The molecule has 1 heterocycles. The summed E-state index contributed by atoms with van der Waals surface area (Å²) >= 11 is 0. The highest BCUT2D eigenvalue weighted by molar-refractivity contribution is 5.77. The Labute approximate surface area is 132 Å². The predicted molar refractivity (Wildman–Crippen MR) is 80.8 cm³/mol. The van der Waals surface area contributed by atoms with Gasteiger partial charge in [-0.3, -0.25) is 0 Å². The molecule has 1 atom stereocenters. The van der Waals surface area contributed by atoms with Crippen LogP contribution in [0.4, 0.5) is 13.2 Å². The van der Waals surface area contributed by atoms with Crippen LogP contribution in [0.25, 0.3) is 11.0 Å². The number of aromatic nitrogens is 2. The van der Waals surface area contributed by atoms with E-state index in [1.54, 1.807) is 11.6 Å². The maximum absolute atomic E-state index is 12.8. The molecule has 126 valence electrons. The molecule has 3 rings (SSSR count). The number of alkyl halides is 3. The van der Waals surface area contributed by atoms with Crippen molar-refractivity contribution in [3.05, 3.63) is 29.6 Å². The highest BCUT2D eigenvalue weighted by atomic mass is 19.4. The van der Waals surface area contributed by atoms with Crippen molar-refractivity contribution in [2.24, 2.45) is 13.0 Å². The third kappa shape index (κ3) is 3.07. The van der Waals surface area contributed by atoms with Crippen molar-refractivity contribution < 1.29 is 18.3 Å². The quantitative estimate of drug-likeness (QED) is 0.888. The van der Waals surface area contributed by atoms with Gasteiger partial charge in [0, 0.05) is 12.6 Å². The average Bonchev–Trinajstić information content (AvgIpc) is 3.30. The van der Waals surface area contributed by atoms with Gasteiger partial charge in [0.1, 0.15) is 5.82 Å². The summed E-state index contributed by atoms with van der Waals surface area (Å²) in [5.41, 5.74) is -0.0705. The van der Waals surface area contributed by atoms with Gasteiger partial charge in [-0.05, 0) is 43.9 Å². The molecule has 4 nitrogen and oxygen atoms in total. The Morgan fingerprint density at radius 1 is 1.35 bits per heavy atom. The van der Waals surface area contributed by atoms with Gasteiger partial charge in [0.05, 0.1) is 29.7 Å². The Bertz CT molecular complexity index is 721. The normalized spacial score (nSPS) is 18.3. The van der Waals surface area contributed by atoms with Crippen LogP contribution in [0.3, 0.4) is 0 Å². The van der Waals surface area contributed by atoms with Gasteiger partial charge in [-0.2, -0.15) is 13.2 Å². The molecule has 0 aliphatic heterocycles. The van der Waals surface area contributed by atoms with Crippen LogP contribution in [0.2, 0.25) is 0 Å². The number of nitrogens with zero attached hydrogens (tertiary/aromatic N) is 2. The summed E-state index contributed by atoms with van der Waals surface area (Å²) in [4.78, 5) is 4.32. The highest BCUT2D eigenvalue weighted by Crippen LogP contribution is 2.39. The van der Waals surface area contributed by atoms with Gasteiger partial charge in [-0.1, -0.05) is 0 Å². The van der Waals surface area contributed by atoms with E-state index in [2.05, 4.69) is 10.3 Å². The van der Waals surface area contributed by atoms with E-state index in [9.17, 15) is 18.3 Å². The zero-order chi connectivity index (χ0) is 16.8. The minimum atomic E-state index is -4.37. The van der Waals surface area contributed by atoms with Gasteiger partial charge in [0.15, 0.2) is 0 Å². The zero-order valence-corrected chi connectivity index (χ0v) is 13.1. The van der Waals surface area contributed by atoms with Crippen molar-refractivity contribution in [2.75, 3.05) is 6.61 Å². The van der Waals surface area contributed by atoms with Gasteiger partial charge >= 0.3 is 6.18 Å². The number of hydrogen-bond acceptors (Lipinski definition) is 3. The predicted octanol–water partition coefficient (Wildman–Crippen LogP) is 2.84. The summed E-state index contributed by atoms with van der Waals surface area (Å²) in [5.74, 6) is 1.10. The molecule has 0 saturated heterocycles. The number of benzene rings is 1. The molecule has 7 heteroatoms. The maximum Gasteiger partial charge on any atom is 0.416 e. The summed E-state index contributed by atoms with van der Waals surface area (Å²) in [5, 5.41) is 12.9. The largest absolute Gasteiger partial charge is 0.416 e. The standard InChI is InChI=1S/C16H20F3N3O/c1-15(9-23,10-3-4-10)20-8-14-21-12-7-11(16(17,18)19)5-6-13(12)22(14)2/h5-7,10,20,23H,3-4,8-9H2,1-2H3. The van der Waals surface area contributed by atoms with Crippen LogP contribution in [0.15, 0.2) is 18.2 Å². The first-order valence-electron chi connectivity index (χ1n) is 7.63. The minimum Gasteiger partial charge on any atom is -0.394 e. The topological polar surface area (TPSA) is 50.1 Å². The molecular weight excluding hydrogens is 307 g/mol. The van der Waals surface area contributed by atoms with Gasteiger partial charge in [-0.15, -0.1) is 0 Å². The highest BCUT2D eigenvalue weighted by Gasteiger charge is 2.40. The lowest BCUT2D eigenvalue weighted by Crippen LogP contribution is -2.47. The first kappa shape index (κ1) is 16.3. The lowest BCUT2D eigenvalue weighted by atomic mass is 9.97. The maximum atomic E-state index is 12.8. The second-order valence-corrected chi connectivity index (χ2v) is 6.49. The molecule has 1 unspecified atom stereocenters. The van der Waals surface area contributed by atoms with Crippen molar-refractivity contribution in [1.82, 2.24) is 14.9 Å². The number of aliphatic hydroxyl groups is 1. The Balaban J connectivity index is 1.85. The first-order valence-corrected chi connectivity index (χ1v) is 7.63. The number of aryl methyl sites for hydroxylation is 1. The van der Waals surface area contributed by atoms with Crippen molar-refractivity contribution in [2.45, 2.75) is 38.0 Å². The molecule has 0 amide bonds. The molecule has 0 radical (unpaired) electrons. The van der Waals surface area contributed by atoms with Crippen LogP contribution in [-0.2, 0) is 19.8 Å². The molecule has 1 aliphatic carbocycles. The molecule has 1 aromatic heterocycles. The van der Waals surface area contributed by atoms with Gasteiger partial charge in [-0.25, -0.2) is 4.98 Å². The first-order chi connectivity index (χ1) is 10.7. The number of nitrogens with one attached hydrogen (secondary N) is 1. The summed E-state index contributed by atoms with van der Waals surface area (Å²) in [6, 6.07) is 3.59. The molecular formula is C16H20F3N3O. The van der Waals surface area contributed by atoms with Crippen LogP contribution in [-0.4, -0.2) is 26.8 Å². The number of aliphatic hydroxyl groups excluding tert-OH is 1. The second-order valence-electron chi connectivity index (χ2n) is 6.49. The van der Waals surface area contributed by atoms with E-state index >= 15 is 0 Å². The second kappa shape index (κ2) is 5.49. The smallest absolute Gasteiger partial charge is 0.394 e. The van der Waals surface area contributed by atoms with E-state index in [1.165, 1.54) is 6.07 Å². The van der Waals surface area contributed by atoms with E-state index in [-0.39, 0.29) is 12.1 Å². The fourth-order valence-electron chi connectivity index (χ4n) is 2.91. The molecule has 1 aliphatic rings. The van der Waals surface area contributed by atoms with Crippen molar-refractivity contribution in [1.29, 1.82) is 0 Å². The number of imidazole rings is 1. The molecule has 23 heavy (non-hydrogen) atoms. The van der Waals surface area contributed by atoms with Gasteiger partial charge in [0.2, 0.25) is 0 Å². The molecule has 0 spiro atoms. The molecule has 1 fully saturated rings. The fourth-order valence-corrected chi connectivity index (χ4v) is 2.91. The molecule has 2 aromatic rings. The Morgan fingerprint density at radius 3 is 2.61 bits per heavy atom. The zero-order valence-electron chi connectivity index (χ0n) is 13.1. The summed E-state index contributed by atoms with van der Waals surface area (Å²) in [7, 11) is 1.78. The van der Waals surface area contributed by atoms with Gasteiger partial charge < -0.3 is 15.0 Å². The van der Waals surface area contributed by atoms with Gasteiger partial charge in [0.25, 0.3) is 0 Å². The summed E-state index contributed by atoms with van der Waals surface area (Å²) in [6.07, 6.45) is -2.20. The van der Waals surface area contributed by atoms with E-state index < -0.39 is 11.7 Å². The van der Waals surface area contributed by atoms with Crippen molar-refractivity contribution >= 4 is 11.0 Å². The van der Waals surface area contributed by atoms with E-state index in [0.29, 0.717) is 29.3 Å². The summed E-state index contributed by atoms with van der Waals surface area (Å²) in [6.45, 7) is 2.40. The van der Waals surface area contributed by atoms with Crippen LogP contribution in [0.5, 0.6) is 0 Å². The van der Waals surface area contributed by atoms with E-state index in [4.69, 9.17) is 0 Å². The van der Waals surface area contributed by atoms with Crippen LogP contribution >= 0.6 is 0 Å². The molecule has 2 N–H and O–H groups in total. The molecule has 0 bridgehead atoms. The number of halogens is 3. The minimum absolute atomic E-state index is 0.0276. The lowest BCUT2D eigenvalue weighted by molar-refractivity contribution is -0.137.